The molecule has 8 heteroatoms. The van der Waals surface area contributed by atoms with E-state index in [0.29, 0.717) is 46.9 Å². The average molecular weight is 429 g/mol. The van der Waals surface area contributed by atoms with E-state index >= 15 is 0 Å². The zero-order valence-corrected chi connectivity index (χ0v) is 18.1. The van der Waals surface area contributed by atoms with Crippen LogP contribution in [0, 0.1) is 6.92 Å². The summed E-state index contributed by atoms with van der Waals surface area (Å²) in [5, 5.41) is 7.63. The fourth-order valence-electron chi connectivity index (χ4n) is 2.85. The van der Waals surface area contributed by atoms with Gasteiger partial charge in [0.15, 0.2) is 17.3 Å². The van der Waals surface area contributed by atoms with Crippen molar-refractivity contribution < 1.29 is 14.3 Å². The van der Waals surface area contributed by atoms with Crippen molar-refractivity contribution >= 4 is 23.3 Å². The number of anilines is 1. The second-order valence-electron chi connectivity index (χ2n) is 6.65. The third-order valence-electron chi connectivity index (χ3n) is 4.26. The first-order chi connectivity index (χ1) is 14.5. The molecule has 0 spiro atoms. The smallest absolute Gasteiger partial charge is 0.257 e. The first kappa shape index (κ1) is 21.6. The minimum atomic E-state index is -0.338. The SMILES string of the molecule is CCCCOc1c(Cl)cc(C(=O)Nc2cc(C)nn2-c2ccccn2)cc1OCC. The molecule has 0 aliphatic carbocycles. The molecule has 1 N–H and O–H groups in total. The molecule has 0 bridgehead atoms. The number of hydrogen-bond acceptors (Lipinski definition) is 5. The Hall–Kier alpha value is -3.06. The second kappa shape index (κ2) is 10.1. The van der Waals surface area contributed by atoms with Crippen LogP contribution in [0.3, 0.4) is 0 Å². The summed E-state index contributed by atoms with van der Waals surface area (Å²) in [5.41, 5.74) is 1.11. The number of nitrogens with zero attached hydrogens (tertiary/aromatic N) is 3. The number of nitrogens with one attached hydrogen (secondary N) is 1. The summed E-state index contributed by atoms with van der Waals surface area (Å²) < 4.78 is 13.0. The maximum Gasteiger partial charge on any atom is 0.257 e. The van der Waals surface area contributed by atoms with Gasteiger partial charge in [-0.25, -0.2) is 4.98 Å². The van der Waals surface area contributed by atoms with Crippen LogP contribution in [0.1, 0.15) is 42.7 Å². The van der Waals surface area contributed by atoms with E-state index in [-0.39, 0.29) is 5.91 Å². The average Bonchev–Trinajstić information content (AvgIpc) is 3.10. The maximum absolute atomic E-state index is 13.0. The lowest BCUT2D eigenvalue weighted by molar-refractivity contribution is 0.102. The normalized spacial score (nSPS) is 10.7. The van der Waals surface area contributed by atoms with Crippen molar-refractivity contribution in [2.24, 2.45) is 0 Å². The number of hydrogen-bond donors (Lipinski definition) is 1. The van der Waals surface area contributed by atoms with Crippen molar-refractivity contribution in [2.75, 3.05) is 18.5 Å². The lowest BCUT2D eigenvalue weighted by atomic mass is 10.2. The highest BCUT2D eigenvalue weighted by Gasteiger charge is 2.18. The number of unbranched alkanes of at least 4 members (excludes halogenated alkanes) is 1. The number of aryl methyl sites for hydroxylation is 1. The van der Waals surface area contributed by atoms with Crippen LogP contribution < -0.4 is 14.8 Å². The van der Waals surface area contributed by atoms with Crippen LogP contribution in [-0.4, -0.2) is 33.9 Å². The number of pyridine rings is 1. The lowest BCUT2D eigenvalue weighted by Gasteiger charge is -2.15. The van der Waals surface area contributed by atoms with Gasteiger partial charge in [-0.2, -0.15) is 9.78 Å². The van der Waals surface area contributed by atoms with Gasteiger partial charge >= 0.3 is 0 Å². The van der Waals surface area contributed by atoms with Gasteiger partial charge < -0.3 is 14.8 Å². The largest absolute Gasteiger partial charge is 0.490 e. The first-order valence-electron chi connectivity index (χ1n) is 9.92. The van der Waals surface area contributed by atoms with Crippen LogP contribution in [0.25, 0.3) is 5.82 Å². The molecule has 0 aliphatic rings. The molecule has 3 aromatic rings. The predicted molar refractivity (Wildman–Crippen MR) is 117 cm³/mol. The van der Waals surface area contributed by atoms with Gasteiger partial charge in [-0.15, -0.1) is 0 Å². The van der Waals surface area contributed by atoms with E-state index in [0.717, 1.165) is 18.5 Å². The molecule has 3 rings (SSSR count). The number of halogens is 1. The molecule has 7 nitrogen and oxygen atoms in total. The Bertz CT molecular complexity index is 1010. The number of aromatic nitrogens is 3. The van der Waals surface area contributed by atoms with E-state index in [2.05, 4.69) is 22.3 Å². The summed E-state index contributed by atoms with van der Waals surface area (Å²) in [4.78, 5) is 17.3. The van der Waals surface area contributed by atoms with Crippen molar-refractivity contribution in [3.8, 4) is 17.3 Å². The van der Waals surface area contributed by atoms with Gasteiger partial charge in [-0.1, -0.05) is 31.0 Å². The van der Waals surface area contributed by atoms with Crippen molar-refractivity contribution in [3.63, 3.8) is 0 Å². The highest BCUT2D eigenvalue weighted by Crippen LogP contribution is 2.37. The van der Waals surface area contributed by atoms with Crippen LogP contribution in [0.15, 0.2) is 42.6 Å². The Balaban J connectivity index is 1.87. The molecule has 0 atom stereocenters. The van der Waals surface area contributed by atoms with Crippen LogP contribution in [-0.2, 0) is 0 Å². The summed E-state index contributed by atoms with van der Waals surface area (Å²) >= 11 is 6.42. The Kier molecular flexibility index (Phi) is 7.30. The third kappa shape index (κ3) is 5.10. The van der Waals surface area contributed by atoms with Gasteiger partial charge in [0, 0.05) is 17.8 Å². The van der Waals surface area contributed by atoms with Crippen molar-refractivity contribution in [1.82, 2.24) is 14.8 Å². The van der Waals surface area contributed by atoms with Crippen LogP contribution in [0.5, 0.6) is 11.5 Å². The Morgan fingerprint density at radius 2 is 2.03 bits per heavy atom. The molecule has 0 unspecified atom stereocenters. The summed E-state index contributed by atoms with van der Waals surface area (Å²) in [6, 6.07) is 10.5. The van der Waals surface area contributed by atoms with E-state index < -0.39 is 0 Å². The molecule has 1 aromatic carbocycles. The van der Waals surface area contributed by atoms with Crippen molar-refractivity contribution in [1.29, 1.82) is 0 Å². The van der Waals surface area contributed by atoms with Crippen LogP contribution >= 0.6 is 11.6 Å². The highest BCUT2D eigenvalue weighted by atomic mass is 35.5. The van der Waals surface area contributed by atoms with Gasteiger partial charge in [-0.3, -0.25) is 4.79 Å². The van der Waals surface area contributed by atoms with E-state index in [1.54, 1.807) is 29.1 Å². The molecule has 1 amide bonds. The minimum absolute atomic E-state index is 0.330. The van der Waals surface area contributed by atoms with E-state index in [9.17, 15) is 4.79 Å². The molecule has 2 heterocycles. The van der Waals surface area contributed by atoms with Crippen LogP contribution in [0.4, 0.5) is 5.82 Å². The molecule has 0 fully saturated rings. The summed E-state index contributed by atoms with van der Waals surface area (Å²) in [6.45, 7) is 6.76. The molecule has 0 radical (unpaired) electrons. The third-order valence-corrected chi connectivity index (χ3v) is 4.54. The number of carbonyl (C=O) groups excluding carboxylic acids is 1. The predicted octanol–water partition coefficient (Wildman–Crippen LogP) is 5.06. The zero-order chi connectivity index (χ0) is 21.5. The number of ether oxygens (including phenoxy) is 2. The van der Waals surface area contributed by atoms with Crippen LogP contribution in [0.2, 0.25) is 5.02 Å². The Labute approximate surface area is 181 Å². The summed E-state index contributed by atoms with van der Waals surface area (Å²) in [5.74, 6) is 1.68. The molecular weight excluding hydrogens is 404 g/mol. The summed E-state index contributed by atoms with van der Waals surface area (Å²) in [6.07, 6.45) is 3.58. The molecule has 0 saturated heterocycles. The standard InChI is InChI=1S/C22H25ClN4O3/c1-4-6-11-30-21-17(23)13-16(14-18(21)29-5-2)22(28)25-20-12-15(3)26-27(20)19-9-7-8-10-24-19/h7-10,12-14H,4-6,11H2,1-3H3,(H,25,28). The number of rotatable bonds is 9. The highest BCUT2D eigenvalue weighted by molar-refractivity contribution is 6.32. The molecule has 158 valence electrons. The Morgan fingerprint density at radius 1 is 1.20 bits per heavy atom. The maximum atomic E-state index is 13.0. The molecule has 2 aromatic heterocycles. The number of amides is 1. The zero-order valence-electron chi connectivity index (χ0n) is 17.3. The number of benzene rings is 1. The lowest BCUT2D eigenvalue weighted by Crippen LogP contribution is -2.16. The van der Waals surface area contributed by atoms with E-state index in [1.165, 1.54) is 0 Å². The molecule has 30 heavy (non-hydrogen) atoms. The van der Waals surface area contributed by atoms with E-state index in [4.69, 9.17) is 21.1 Å². The topological polar surface area (TPSA) is 78.3 Å². The molecule has 0 aliphatic heterocycles. The second-order valence-corrected chi connectivity index (χ2v) is 7.05. The molecule has 0 saturated carbocycles. The summed E-state index contributed by atoms with van der Waals surface area (Å²) in [7, 11) is 0. The van der Waals surface area contributed by atoms with E-state index in [1.807, 2.05) is 32.0 Å². The quantitative estimate of drug-likeness (QED) is 0.482. The molecular formula is C22H25ClN4O3. The minimum Gasteiger partial charge on any atom is -0.490 e. The van der Waals surface area contributed by atoms with Gasteiger partial charge in [0.2, 0.25) is 0 Å². The van der Waals surface area contributed by atoms with Gasteiger partial charge in [0.25, 0.3) is 5.91 Å². The fraction of sp³-hybridized carbons (Fsp3) is 0.318. The van der Waals surface area contributed by atoms with Crippen molar-refractivity contribution in [2.45, 2.75) is 33.6 Å². The first-order valence-corrected chi connectivity index (χ1v) is 10.3. The van der Waals surface area contributed by atoms with Gasteiger partial charge in [0.1, 0.15) is 5.82 Å². The number of carbonyl (C=O) groups is 1. The fourth-order valence-corrected chi connectivity index (χ4v) is 3.12. The monoisotopic (exact) mass is 428 g/mol. The Morgan fingerprint density at radius 3 is 2.73 bits per heavy atom. The van der Waals surface area contributed by atoms with Gasteiger partial charge in [-0.05, 0) is 44.5 Å². The van der Waals surface area contributed by atoms with Crippen molar-refractivity contribution in [3.05, 3.63) is 58.9 Å². The van der Waals surface area contributed by atoms with Gasteiger partial charge in [0.05, 0.1) is 23.9 Å².